The van der Waals surface area contributed by atoms with Gasteiger partial charge in [-0.05, 0) is 73.9 Å². The van der Waals surface area contributed by atoms with E-state index >= 15 is 0 Å². The quantitative estimate of drug-likeness (QED) is 0.143. The zero-order valence-electron chi connectivity index (χ0n) is 27.3. The molecule has 0 radical (unpaired) electrons. The monoisotopic (exact) mass is 726 g/mol. The van der Waals surface area contributed by atoms with Gasteiger partial charge in [-0.3, -0.25) is 9.36 Å². The van der Waals surface area contributed by atoms with Gasteiger partial charge in [-0.1, -0.05) is 87.9 Å². The Morgan fingerprint density at radius 3 is 2.54 bits per heavy atom. The molecule has 1 aromatic heterocycles. The summed E-state index contributed by atoms with van der Waals surface area (Å²) in [5, 5.41) is 2.27. The van der Waals surface area contributed by atoms with Crippen molar-refractivity contribution in [3.8, 4) is 17.2 Å². The number of hydrogen-bond donors (Lipinski definition) is 0. The van der Waals surface area contributed by atoms with E-state index in [4.69, 9.17) is 23.9 Å². The number of benzene rings is 4. The Balaban J connectivity index is 1.42. The fourth-order valence-corrected chi connectivity index (χ4v) is 7.28. The predicted octanol–water partition coefficient (Wildman–Crippen LogP) is 7.09. The summed E-state index contributed by atoms with van der Waals surface area (Å²) in [5.74, 6) is 1.14. The van der Waals surface area contributed by atoms with E-state index in [1.54, 1.807) is 31.6 Å². The van der Waals surface area contributed by atoms with Crippen LogP contribution in [0.3, 0.4) is 0 Å². The van der Waals surface area contributed by atoms with Crippen molar-refractivity contribution in [1.29, 1.82) is 0 Å². The van der Waals surface area contributed by atoms with Gasteiger partial charge in [0.25, 0.3) is 5.56 Å². The molecular weight excluding hydrogens is 692 g/mol. The SMILES string of the molecule is CCOC(=O)C1=C(C)N=c2s/c(=C/c3cc(OC)c(OCc4cccc5ccccc45)cc3Br)c(=O)n2[C@@H]1c1ccccc1OC(C)C. The Bertz CT molecular complexity index is 2230. The van der Waals surface area contributed by atoms with E-state index in [-0.39, 0.29) is 18.3 Å². The van der Waals surface area contributed by atoms with Crippen LogP contribution in [-0.2, 0) is 16.1 Å². The zero-order valence-corrected chi connectivity index (χ0v) is 29.7. The maximum atomic E-state index is 14.3. The number of fused-ring (bicyclic) bond motifs is 2. The first-order valence-electron chi connectivity index (χ1n) is 15.6. The highest BCUT2D eigenvalue weighted by Gasteiger charge is 2.35. The van der Waals surface area contributed by atoms with Gasteiger partial charge >= 0.3 is 5.97 Å². The third-order valence-corrected chi connectivity index (χ3v) is 9.60. The van der Waals surface area contributed by atoms with Crippen LogP contribution in [0.25, 0.3) is 16.8 Å². The van der Waals surface area contributed by atoms with Gasteiger partial charge in [0.1, 0.15) is 18.4 Å². The molecule has 1 aliphatic heterocycles. The van der Waals surface area contributed by atoms with Gasteiger partial charge in [-0.25, -0.2) is 9.79 Å². The third-order valence-electron chi connectivity index (χ3n) is 7.93. The Morgan fingerprint density at radius 1 is 1.02 bits per heavy atom. The molecule has 0 saturated heterocycles. The van der Waals surface area contributed by atoms with E-state index in [9.17, 15) is 9.59 Å². The van der Waals surface area contributed by atoms with Crippen molar-refractivity contribution in [2.45, 2.75) is 46.4 Å². The molecule has 0 N–H and O–H groups in total. The van der Waals surface area contributed by atoms with Crippen LogP contribution in [0.1, 0.15) is 50.4 Å². The molecule has 5 aromatic rings. The summed E-state index contributed by atoms with van der Waals surface area (Å²) in [6, 6.07) is 24.7. The lowest BCUT2D eigenvalue weighted by Crippen LogP contribution is -2.40. The number of rotatable bonds is 10. The number of para-hydroxylation sites is 1. The Kier molecular flexibility index (Phi) is 9.84. The topological polar surface area (TPSA) is 88.4 Å². The van der Waals surface area contributed by atoms with Gasteiger partial charge in [0.15, 0.2) is 16.3 Å². The molecule has 8 nitrogen and oxygen atoms in total. The highest BCUT2D eigenvalue weighted by Crippen LogP contribution is 2.37. The molecule has 0 unspecified atom stereocenters. The van der Waals surface area contributed by atoms with Crippen LogP contribution in [0.5, 0.6) is 17.2 Å². The summed E-state index contributed by atoms with van der Waals surface area (Å²) in [7, 11) is 1.59. The van der Waals surface area contributed by atoms with Crippen molar-refractivity contribution in [3.63, 3.8) is 0 Å². The second kappa shape index (κ2) is 14.2. The van der Waals surface area contributed by atoms with E-state index in [0.717, 1.165) is 26.4 Å². The van der Waals surface area contributed by atoms with Crippen LogP contribution < -0.4 is 29.1 Å². The largest absolute Gasteiger partial charge is 0.493 e. The highest BCUT2D eigenvalue weighted by atomic mass is 79.9. The molecule has 0 bridgehead atoms. The van der Waals surface area contributed by atoms with Gasteiger partial charge in [-0.2, -0.15) is 0 Å². The molecule has 48 heavy (non-hydrogen) atoms. The summed E-state index contributed by atoms with van der Waals surface area (Å²) in [6.45, 7) is 7.92. The first kappa shape index (κ1) is 33.2. The number of ether oxygens (including phenoxy) is 4. The average Bonchev–Trinajstić information content (AvgIpc) is 3.37. The number of carbonyl (C=O) groups is 1. The summed E-state index contributed by atoms with van der Waals surface area (Å²) >= 11 is 4.94. The molecule has 0 saturated carbocycles. The lowest BCUT2D eigenvalue weighted by Gasteiger charge is -2.26. The van der Waals surface area contributed by atoms with Crippen molar-refractivity contribution < 1.29 is 23.7 Å². The Hall–Kier alpha value is -4.67. The lowest BCUT2D eigenvalue weighted by molar-refractivity contribution is -0.139. The Morgan fingerprint density at radius 2 is 1.77 bits per heavy atom. The number of halogens is 1. The molecule has 0 spiro atoms. The normalized spacial score (nSPS) is 14.6. The number of esters is 1. The molecular formula is C38H35BrN2O6S. The van der Waals surface area contributed by atoms with Crippen molar-refractivity contribution in [3.05, 3.63) is 131 Å². The minimum atomic E-state index is -0.791. The zero-order chi connectivity index (χ0) is 33.9. The fraction of sp³-hybridized carbons (Fsp3) is 0.237. The molecule has 4 aromatic carbocycles. The van der Waals surface area contributed by atoms with Crippen LogP contribution >= 0.6 is 27.3 Å². The maximum Gasteiger partial charge on any atom is 0.338 e. The molecule has 6 rings (SSSR count). The number of aromatic nitrogens is 1. The summed E-state index contributed by atoms with van der Waals surface area (Å²) in [6.07, 6.45) is 1.67. The average molecular weight is 728 g/mol. The minimum Gasteiger partial charge on any atom is -0.493 e. The first-order chi connectivity index (χ1) is 23.2. The van der Waals surface area contributed by atoms with Crippen LogP contribution in [0.15, 0.2) is 104 Å². The number of hydrogen-bond acceptors (Lipinski definition) is 8. The number of allylic oxidation sites excluding steroid dienone is 1. The molecule has 246 valence electrons. The second-order valence-electron chi connectivity index (χ2n) is 11.5. The van der Waals surface area contributed by atoms with E-state index < -0.39 is 12.0 Å². The van der Waals surface area contributed by atoms with Gasteiger partial charge in [0.05, 0.1) is 35.6 Å². The maximum absolute atomic E-state index is 14.3. The molecule has 0 fully saturated rings. The van der Waals surface area contributed by atoms with Gasteiger partial charge in [0.2, 0.25) is 0 Å². The summed E-state index contributed by atoms with van der Waals surface area (Å²) in [5.41, 5.74) is 2.94. The summed E-state index contributed by atoms with van der Waals surface area (Å²) < 4.78 is 26.3. The smallest absolute Gasteiger partial charge is 0.338 e. The molecule has 0 aliphatic carbocycles. The van der Waals surface area contributed by atoms with E-state index in [2.05, 4.69) is 34.1 Å². The van der Waals surface area contributed by atoms with Crippen molar-refractivity contribution in [2.24, 2.45) is 4.99 Å². The number of thiazole rings is 1. The lowest BCUT2D eigenvalue weighted by atomic mass is 9.95. The standard InChI is InChI=1S/C38H35BrN2O6S/c1-6-45-37(43)34-23(4)40-38-41(35(34)28-16-9-10-17-30(28)47-22(2)3)36(42)33(48-38)19-26-18-31(44-5)32(20-29(26)39)46-21-25-14-11-13-24-12-7-8-15-27(24)25/h7-20,22,35H,6,21H2,1-5H3/b33-19+/t35-/m1/s1. The van der Waals surface area contributed by atoms with Crippen LogP contribution in [0.2, 0.25) is 0 Å². The van der Waals surface area contributed by atoms with E-state index in [0.29, 0.717) is 50.0 Å². The third kappa shape index (κ3) is 6.55. The van der Waals surface area contributed by atoms with Crippen molar-refractivity contribution >= 4 is 50.1 Å². The molecule has 10 heteroatoms. The number of methoxy groups -OCH3 is 1. The molecule has 0 amide bonds. The molecule has 2 heterocycles. The van der Waals surface area contributed by atoms with E-state index in [1.165, 1.54) is 11.3 Å². The number of nitrogens with zero attached hydrogens (tertiary/aromatic N) is 2. The minimum absolute atomic E-state index is 0.121. The highest BCUT2D eigenvalue weighted by molar-refractivity contribution is 9.10. The van der Waals surface area contributed by atoms with Gasteiger partial charge < -0.3 is 18.9 Å². The first-order valence-corrected chi connectivity index (χ1v) is 17.2. The predicted molar refractivity (Wildman–Crippen MR) is 192 cm³/mol. The molecule has 1 aliphatic rings. The Labute approximate surface area is 290 Å². The van der Waals surface area contributed by atoms with Crippen LogP contribution in [-0.4, -0.2) is 30.4 Å². The number of carbonyl (C=O) groups excluding carboxylic acids is 1. The summed E-state index contributed by atoms with van der Waals surface area (Å²) in [4.78, 5) is 32.8. The van der Waals surface area contributed by atoms with Crippen LogP contribution in [0, 0.1) is 0 Å². The van der Waals surface area contributed by atoms with Gasteiger partial charge in [0, 0.05) is 10.0 Å². The van der Waals surface area contributed by atoms with Crippen molar-refractivity contribution in [1.82, 2.24) is 4.57 Å². The van der Waals surface area contributed by atoms with E-state index in [1.807, 2.05) is 74.5 Å². The second-order valence-corrected chi connectivity index (χ2v) is 13.3. The van der Waals surface area contributed by atoms with Gasteiger partial charge in [-0.15, -0.1) is 0 Å². The van der Waals surface area contributed by atoms with Crippen LogP contribution in [0.4, 0.5) is 0 Å². The fourth-order valence-electron chi connectivity index (χ4n) is 5.80. The molecule has 1 atom stereocenters. The van der Waals surface area contributed by atoms with Crippen molar-refractivity contribution in [2.75, 3.05) is 13.7 Å².